The number of sulfone groups is 1. The van der Waals surface area contributed by atoms with E-state index >= 15 is 0 Å². The number of carbonyl (C=O) groups is 1. The maximum atomic E-state index is 13.5. The highest BCUT2D eigenvalue weighted by atomic mass is 35.5. The number of benzene rings is 2. The molecule has 0 bridgehead atoms. The minimum atomic E-state index is -3.71. The van der Waals surface area contributed by atoms with Crippen molar-refractivity contribution in [3.8, 4) is 0 Å². The number of amides is 1. The Morgan fingerprint density at radius 2 is 1.83 bits per heavy atom. The highest BCUT2D eigenvalue weighted by molar-refractivity contribution is 7.90. The largest absolute Gasteiger partial charge is 0.329 e. The smallest absolute Gasteiger partial charge is 0.256 e. The number of carbonyl (C=O) groups excluding carboxylic acids is 1. The van der Waals surface area contributed by atoms with Crippen LogP contribution >= 0.6 is 23.2 Å². The summed E-state index contributed by atoms with van der Waals surface area (Å²) < 4.78 is 28.9. The molecule has 6 nitrogen and oxygen atoms in total. The van der Waals surface area contributed by atoms with Crippen molar-refractivity contribution in [3.05, 3.63) is 94.2 Å². The summed E-state index contributed by atoms with van der Waals surface area (Å²) in [5.74, 6) is -0.422. The summed E-state index contributed by atoms with van der Waals surface area (Å²) in [7, 11) is -3.71. The van der Waals surface area contributed by atoms with E-state index in [9.17, 15) is 13.2 Å². The van der Waals surface area contributed by atoms with Gasteiger partial charge in [0.1, 0.15) is 0 Å². The second-order valence-electron chi connectivity index (χ2n) is 9.04. The Hall–Kier alpha value is -2.61. The highest BCUT2D eigenvalue weighted by Gasteiger charge is 2.30. The predicted molar refractivity (Wildman–Crippen MR) is 143 cm³/mol. The standard InChI is InChI=1S/C27H29Cl2N3O3S/c1-2-15-31(26(33)24-14-13-21(28)16-25(24)29)18-23-17-30-27(32(23)22-11-7-4-8-12-22)36(34,35)19-20-9-5-3-6-10-20/h2-3,5-6,9-10,13-14,16-17,22H,1,4,7-8,11-12,15,18-19H2. The summed E-state index contributed by atoms with van der Waals surface area (Å²) >= 11 is 12.3. The van der Waals surface area contributed by atoms with Gasteiger partial charge >= 0.3 is 0 Å². The maximum absolute atomic E-state index is 13.5. The van der Waals surface area contributed by atoms with E-state index in [1.54, 1.807) is 41.4 Å². The van der Waals surface area contributed by atoms with E-state index < -0.39 is 9.84 Å². The predicted octanol–water partition coefficient (Wildman–Crippen LogP) is 6.50. The lowest BCUT2D eigenvalue weighted by atomic mass is 9.95. The van der Waals surface area contributed by atoms with Crippen molar-refractivity contribution in [2.75, 3.05) is 6.54 Å². The number of hydrogen-bond acceptors (Lipinski definition) is 4. The van der Waals surface area contributed by atoms with Gasteiger partial charge in [-0.2, -0.15) is 0 Å². The van der Waals surface area contributed by atoms with Crippen molar-refractivity contribution >= 4 is 38.9 Å². The lowest BCUT2D eigenvalue weighted by Gasteiger charge is -2.29. The van der Waals surface area contributed by atoms with Gasteiger partial charge in [-0.05, 0) is 36.6 Å². The zero-order valence-electron chi connectivity index (χ0n) is 19.9. The van der Waals surface area contributed by atoms with E-state index in [1.165, 1.54) is 6.07 Å². The molecule has 1 fully saturated rings. The van der Waals surface area contributed by atoms with Crippen molar-refractivity contribution in [1.82, 2.24) is 14.5 Å². The van der Waals surface area contributed by atoms with Crippen LogP contribution in [0.2, 0.25) is 10.0 Å². The van der Waals surface area contributed by atoms with Crippen LogP contribution in [0.15, 0.2) is 72.5 Å². The van der Waals surface area contributed by atoms with Crippen molar-refractivity contribution in [2.45, 2.75) is 55.6 Å². The van der Waals surface area contributed by atoms with E-state index in [0.29, 0.717) is 21.8 Å². The molecule has 0 unspecified atom stereocenters. The Bertz CT molecular complexity index is 1330. The van der Waals surface area contributed by atoms with Gasteiger partial charge in [-0.3, -0.25) is 4.79 Å². The first kappa shape index (κ1) is 26.5. The fourth-order valence-electron chi connectivity index (χ4n) is 4.72. The molecule has 0 atom stereocenters. The van der Waals surface area contributed by atoms with Gasteiger partial charge in [-0.25, -0.2) is 13.4 Å². The molecular weight excluding hydrogens is 517 g/mol. The summed E-state index contributed by atoms with van der Waals surface area (Å²) in [6.45, 7) is 4.23. The average molecular weight is 547 g/mol. The fraction of sp³-hybridized carbons (Fsp3) is 0.333. The van der Waals surface area contributed by atoms with E-state index in [0.717, 1.165) is 32.1 Å². The molecular formula is C27H29Cl2N3O3S. The van der Waals surface area contributed by atoms with Crippen LogP contribution in [-0.4, -0.2) is 35.3 Å². The first-order valence-corrected chi connectivity index (χ1v) is 14.4. The van der Waals surface area contributed by atoms with Gasteiger partial charge in [0, 0.05) is 17.6 Å². The molecule has 0 N–H and O–H groups in total. The number of nitrogens with zero attached hydrogens (tertiary/aromatic N) is 3. The van der Waals surface area contributed by atoms with Crippen LogP contribution in [-0.2, 0) is 22.1 Å². The summed E-state index contributed by atoms with van der Waals surface area (Å²) in [6, 6.07) is 13.9. The SMILES string of the molecule is C=CCN(Cc1cnc(S(=O)(=O)Cc2ccccc2)n1C1CCCCC1)C(=O)c1ccc(Cl)cc1Cl. The van der Waals surface area contributed by atoms with E-state index in [-0.39, 0.29) is 41.0 Å². The molecule has 1 aliphatic rings. The Labute approximate surface area is 222 Å². The molecule has 3 aromatic rings. The Morgan fingerprint density at radius 3 is 2.50 bits per heavy atom. The van der Waals surface area contributed by atoms with Crippen LogP contribution in [0.5, 0.6) is 0 Å². The first-order chi connectivity index (χ1) is 17.3. The normalized spacial score (nSPS) is 14.5. The van der Waals surface area contributed by atoms with Gasteiger partial charge in [0.25, 0.3) is 5.91 Å². The van der Waals surface area contributed by atoms with Crippen LogP contribution in [0.1, 0.15) is 59.8 Å². The number of aromatic nitrogens is 2. The first-order valence-electron chi connectivity index (χ1n) is 12.0. The number of halogens is 2. The molecule has 1 aromatic heterocycles. The molecule has 36 heavy (non-hydrogen) atoms. The molecule has 1 heterocycles. The number of imidazole rings is 1. The molecule has 0 aliphatic heterocycles. The van der Waals surface area contributed by atoms with Gasteiger partial charge in [0.15, 0.2) is 0 Å². The third-order valence-electron chi connectivity index (χ3n) is 6.41. The molecule has 9 heteroatoms. The molecule has 1 amide bonds. The molecule has 4 rings (SSSR count). The van der Waals surface area contributed by atoms with E-state index in [1.807, 2.05) is 22.8 Å². The van der Waals surface area contributed by atoms with Crippen LogP contribution in [0.25, 0.3) is 0 Å². The number of hydrogen-bond donors (Lipinski definition) is 0. The summed E-state index contributed by atoms with van der Waals surface area (Å²) in [5.41, 5.74) is 1.70. The summed E-state index contributed by atoms with van der Waals surface area (Å²) in [5, 5.41) is 0.757. The molecule has 0 saturated heterocycles. The maximum Gasteiger partial charge on any atom is 0.256 e. The lowest BCUT2D eigenvalue weighted by molar-refractivity contribution is 0.0757. The lowest BCUT2D eigenvalue weighted by Crippen LogP contribution is -2.32. The molecule has 0 spiro atoms. The Morgan fingerprint density at radius 1 is 1.11 bits per heavy atom. The number of rotatable bonds is 9. The average Bonchev–Trinajstić information content (AvgIpc) is 3.29. The molecule has 1 aliphatic carbocycles. The monoisotopic (exact) mass is 545 g/mol. The minimum Gasteiger partial charge on any atom is -0.329 e. The molecule has 2 aromatic carbocycles. The Kier molecular flexibility index (Phi) is 8.54. The van der Waals surface area contributed by atoms with E-state index in [4.69, 9.17) is 23.2 Å². The molecule has 190 valence electrons. The van der Waals surface area contributed by atoms with Gasteiger partial charge in [-0.1, -0.05) is 78.9 Å². The van der Waals surface area contributed by atoms with Crippen molar-refractivity contribution < 1.29 is 13.2 Å². The van der Waals surface area contributed by atoms with Crippen molar-refractivity contribution in [3.63, 3.8) is 0 Å². The van der Waals surface area contributed by atoms with Crippen LogP contribution in [0, 0.1) is 0 Å². The van der Waals surface area contributed by atoms with Gasteiger partial charge in [0.2, 0.25) is 15.0 Å². The zero-order chi connectivity index (χ0) is 25.7. The third kappa shape index (κ3) is 6.02. The van der Waals surface area contributed by atoms with Crippen molar-refractivity contribution in [1.29, 1.82) is 0 Å². The minimum absolute atomic E-state index is 0.0107. The van der Waals surface area contributed by atoms with Gasteiger partial charge in [0.05, 0.1) is 34.8 Å². The summed E-state index contributed by atoms with van der Waals surface area (Å²) in [4.78, 5) is 19.4. The third-order valence-corrected chi connectivity index (χ3v) is 8.53. The second kappa shape index (κ2) is 11.6. The van der Waals surface area contributed by atoms with Crippen LogP contribution in [0.4, 0.5) is 0 Å². The van der Waals surface area contributed by atoms with Crippen LogP contribution in [0.3, 0.4) is 0 Å². The zero-order valence-corrected chi connectivity index (χ0v) is 22.3. The topological polar surface area (TPSA) is 72.3 Å². The van der Waals surface area contributed by atoms with E-state index in [2.05, 4.69) is 11.6 Å². The quantitative estimate of drug-likeness (QED) is 0.288. The van der Waals surface area contributed by atoms with Crippen molar-refractivity contribution in [2.24, 2.45) is 0 Å². The highest BCUT2D eigenvalue weighted by Crippen LogP contribution is 2.33. The fourth-order valence-corrected chi connectivity index (χ4v) is 6.75. The second-order valence-corrected chi connectivity index (χ2v) is 11.8. The van der Waals surface area contributed by atoms with Crippen LogP contribution < -0.4 is 0 Å². The van der Waals surface area contributed by atoms with Gasteiger partial charge in [-0.15, -0.1) is 6.58 Å². The summed E-state index contributed by atoms with van der Waals surface area (Å²) in [6.07, 6.45) is 8.13. The Balaban J connectivity index is 1.71. The molecule has 1 saturated carbocycles. The van der Waals surface area contributed by atoms with Gasteiger partial charge < -0.3 is 9.47 Å². The molecule has 0 radical (unpaired) electrons.